The van der Waals surface area contributed by atoms with Crippen molar-refractivity contribution in [1.82, 2.24) is 14.9 Å². The minimum absolute atomic E-state index is 0.955. The maximum atomic E-state index is 4.76. The molecule has 1 aromatic heterocycles. The Labute approximate surface area is 103 Å². The van der Waals surface area contributed by atoms with E-state index in [9.17, 15) is 0 Å². The van der Waals surface area contributed by atoms with E-state index in [1.807, 2.05) is 0 Å². The molecule has 0 saturated carbocycles. The van der Waals surface area contributed by atoms with E-state index in [4.69, 9.17) is 9.97 Å². The largest absolute Gasteiger partial charge is 0.341 e. The Hall–Kier alpha value is -1.16. The van der Waals surface area contributed by atoms with Gasteiger partial charge < -0.3 is 4.90 Å². The Balaban J connectivity index is 1.91. The highest BCUT2D eigenvalue weighted by Gasteiger charge is 2.23. The Morgan fingerprint density at radius 3 is 2.53 bits per heavy atom. The Morgan fingerprint density at radius 2 is 1.76 bits per heavy atom. The molecule has 3 rings (SSSR count). The number of hydrogen-bond acceptors (Lipinski definition) is 4. The molecule has 2 aliphatic heterocycles. The van der Waals surface area contributed by atoms with Gasteiger partial charge in [-0.25, -0.2) is 9.97 Å². The molecule has 0 bridgehead atoms. The molecular formula is C13H20N4. The molecule has 0 aliphatic carbocycles. The number of aromatic nitrogens is 2. The smallest absolute Gasteiger partial charge is 0.225 e. The number of anilines is 1. The van der Waals surface area contributed by atoms with Crippen LogP contribution in [0.2, 0.25) is 0 Å². The molecule has 1 saturated heterocycles. The van der Waals surface area contributed by atoms with Gasteiger partial charge in [-0.3, -0.25) is 4.90 Å². The number of hydrogen-bond donors (Lipinski definition) is 0. The molecule has 92 valence electrons. The second-order valence-corrected chi connectivity index (χ2v) is 5.25. The molecule has 0 aromatic carbocycles. The molecule has 0 atom stereocenters. The number of rotatable bonds is 1. The van der Waals surface area contributed by atoms with Gasteiger partial charge in [-0.05, 0) is 33.2 Å². The zero-order chi connectivity index (χ0) is 11.8. The van der Waals surface area contributed by atoms with Gasteiger partial charge in [-0.2, -0.15) is 0 Å². The third-order valence-corrected chi connectivity index (χ3v) is 3.77. The van der Waals surface area contributed by atoms with Crippen molar-refractivity contribution in [3.05, 3.63) is 17.0 Å². The van der Waals surface area contributed by atoms with E-state index in [1.165, 1.54) is 36.2 Å². The molecule has 17 heavy (non-hydrogen) atoms. The summed E-state index contributed by atoms with van der Waals surface area (Å²) in [6, 6.07) is 0. The first-order chi connectivity index (χ1) is 8.24. The predicted octanol–water partition coefficient (Wildman–Crippen LogP) is 1.72. The SMILES string of the molecule is Cc1nc(N2CCCCC2)nc2c1CN(C)C2. The number of nitrogens with zero attached hydrogens (tertiary/aromatic N) is 4. The van der Waals surface area contributed by atoms with Crippen LogP contribution in [0, 0.1) is 6.92 Å². The molecule has 2 aliphatic rings. The van der Waals surface area contributed by atoms with Crippen molar-refractivity contribution in [1.29, 1.82) is 0 Å². The van der Waals surface area contributed by atoms with E-state index in [0.717, 1.165) is 32.1 Å². The fourth-order valence-electron chi connectivity index (χ4n) is 2.79. The highest BCUT2D eigenvalue weighted by Crippen LogP contribution is 2.25. The summed E-state index contributed by atoms with van der Waals surface area (Å²) in [6.07, 6.45) is 3.90. The van der Waals surface area contributed by atoms with Crippen LogP contribution in [0.25, 0.3) is 0 Å². The molecule has 0 N–H and O–H groups in total. The Bertz CT molecular complexity index is 424. The summed E-state index contributed by atoms with van der Waals surface area (Å²) >= 11 is 0. The predicted molar refractivity (Wildman–Crippen MR) is 68.0 cm³/mol. The second kappa shape index (κ2) is 4.26. The Kier molecular flexibility index (Phi) is 2.74. The highest BCUT2D eigenvalue weighted by molar-refractivity contribution is 5.38. The maximum Gasteiger partial charge on any atom is 0.225 e. The van der Waals surface area contributed by atoms with E-state index in [0.29, 0.717) is 0 Å². The van der Waals surface area contributed by atoms with Gasteiger partial charge in [0.15, 0.2) is 0 Å². The first-order valence-corrected chi connectivity index (χ1v) is 6.54. The van der Waals surface area contributed by atoms with Gasteiger partial charge in [0.05, 0.1) is 5.69 Å². The number of fused-ring (bicyclic) bond motifs is 1. The van der Waals surface area contributed by atoms with E-state index >= 15 is 0 Å². The van der Waals surface area contributed by atoms with Gasteiger partial charge in [0.1, 0.15) is 0 Å². The monoisotopic (exact) mass is 232 g/mol. The van der Waals surface area contributed by atoms with E-state index < -0.39 is 0 Å². The molecule has 1 aromatic rings. The van der Waals surface area contributed by atoms with Crippen LogP contribution in [0.15, 0.2) is 0 Å². The van der Waals surface area contributed by atoms with Crippen molar-refractivity contribution in [2.24, 2.45) is 0 Å². The molecule has 4 nitrogen and oxygen atoms in total. The summed E-state index contributed by atoms with van der Waals surface area (Å²) in [5, 5.41) is 0. The summed E-state index contributed by atoms with van der Waals surface area (Å²) in [6.45, 7) is 6.33. The first kappa shape index (κ1) is 11.0. The summed E-state index contributed by atoms with van der Waals surface area (Å²) in [4.78, 5) is 14.1. The van der Waals surface area contributed by atoms with Crippen molar-refractivity contribution in [3.8, 4) is 0 Å². The van der Waals surface area contributed by atoms with Crippen molar-refractivity contribution in [3.63, 3.8) is 0 Å². The average molecular weight is 232 g/mol. The number of piperidine rings is 1. The standard InChI is InChI=1S/C13H20N4/c1-10-11-8-16(2)9-12(11)15-13(14-10)17-6-4-3-5-7-17/h3-9H2,1-2H3. The lowest BCUT2D eigenvalue weighted by Gasteiger charge is -2.27. The molecule has 0 unspecified atom stereocenters. The van der Waals surface area contributed by atoms with Gasteiger partial charge in [-0.1, -0.05) is 0 Å². The maximum absolute atomic E-state index is 4.76. The topological polar surface area (TPSA) is 32.3 Å². The van der Waals surface area contributed by atoms with E-state index in [1.54, 1.807) is 0 Å². The van der Waals surface area contributed by atoms with E-state index in [-0.39, 0.29) is 0 Å². The van der Waals surface area contributed by atoms with Gasteiger partial charge in [0.25, 0.3) is 0 Å². The van der Waals surface area contributed by atoms with Crippen molar-refractivity contribution < 1.29 is 0 Å². The van der Waals surface area contributed by atoms with Crippen LogP contribution in [0.5, 0.6) is 0 Å². The zero-order valence-electron chi connectivity index (χ0n) is 10.7. The van der Waals surface area contributed by atoms with Crippen molar-refractivity contribution >= 4 is 5.95 Å². The van der Waals surface area contributed by atoms with Crippen molar-refractivity contribution in [2.45, 2.75) is 39.3 Å². The highest BCUT2D eigenvalue weighted by atomic mass is 15.3. The van der Waals surface area contributed by atoms with Gasteiger partial charge in [0.2, 0.25) is 5.95 Å². The van der Waals surface area contributed by atoms with Crippen LogP contribution in [0.1, 0.15) is 36.2 Å². The minimum atomic E-state index is 0.955. The third-order valence-electron chi connectivity index (χ3n) is 3.77. The molecule has 4 heteroatoms. The first-order valence-electron chi connectivity index (χ1n) is 6.54. The lowest BCUT2D eigenvalue weighted by atomic mass is 10.1. The lowest BCUT2D eigenvalue weighted by Crippen LogP contribution is -2.31. The van der Waals surface area contributed by atoms with Gasteiger partial charge in [0, 0.05) is 37.4 Å². The van der Waals surface area contributed by atoms with Crippen LogP contribution in [0.4, 0.5) is 5.95 Å². The minimum Gasteiger partial charge on any atom is -0.341 e. The van der Waals surface area contributed by atoms with Gasteiger partial charge in [-0.15, -0.1) is 0 Å². The normalized spacial score (nSPS) is 20.7. The summed E-state index contributed by atoms with van der Waals surface area (Å²) in [5.74, 6) is 0.955. The van der Waals surface area contributed by atoms with Gasteiger partial charge >= 0.3 is 0 Å². The van der Waals surface area contributed by atoms with Crippen LogP contribution in [-0.4, -0.2) is 35.0 Å². The average Bonchev–Trinajstić information content (AvgIpc) is 2.71. The molecule has 3 heterocycles. The molecule has 0 amide bonds. The van der Waals surface area contributed by atoms with Crippen LogP contribution < -0.4 is 4.90 Å². The number of aryl methyl sites for hydroxylation is 1. The summed E-state index contributed by atoms with van der Waals surface area (Å²) in [5.41, 5.74) is 3.74. The van der Waals surface area contributed by atoms with Crippen LogP contribution in [0.3, 0.4) is 0 Å². The van der Waals surface area contributed by atoms with E-state index in [2.05, 4.69) is 23.8 Å². The summed E-state index contributed by atoms with van der Waals surface area (Å²) < 4.78 is 0. The molecule has 0 radical (unpaired) electrons. The zero-order valence-corrected chi connectivity index (χ0v) is 10.7. The lowest BCUT2D eigenvalue weighted by molar-refractivity contribution is 0.350. The molecule has 1 fully saturated rings. The Morgan fingerprint density at radius 1 is 1.00 bits per heavy atom. The van der Waals surface area contributed by atoms with Crippen molar-refractivity contribution in [2.75, 3.05) is 25.0 Å². The molecular weight excluding hydrogens is 212 g/mol. The fourth-order valence-corrected chi connectivity index (χ4v) is 2.79. The fraction of sp³-hybridized carbons (Fsp3) is 0.692. The van der Waals surface area contributed by atoms with Crippen LogP contribution in [-0.2, 0) is 13.1 Å². The third kappa shape index (κ3) is 2.02. The molecule has 0 spiro atoms. The quantitative estimate of drug-likeness (QED) is 0.738. The van der Waals surface area contributed by atoms with Crippen LogP contribution >= 0.6 is 0 Å². The summed E-state index contributed by atoms with van der Waals surface area (Å²) in [7, 11) is 2.14. The second-order valence-electron chi connectivity index (χ2n) is 5.25.